The highest BCUT2D eigenvalue weighted by Crippen LogP contribution is 2.26. The molecule has 2 amide bonds. The van der Waals surface area contributed by atoms with Gasteiger partial charge in [-0.2, -0.15) is 0 Å². The zero-order chi connectivity index (χ0) is 18.4. The Morgan fingerprint density at radius 3 is 2.58 bits per heavy atom. The van der Waals surface area contributed by atoms with Gasteiger partial charge < -0.3 is 10.2 Å². The third-order valence-electron chi connectivity index (χ3n) is 4.79. The maximum Gasteiger partial charge on any atom is 0.254 e. The Morgan fingerprint density at radius 1 is 1.08 bits per heavy atom. The van der Waals surface area contributed by atoms with E-state index < -0.39 is 11.7 Å². The van der Waals surface area contributed by atoms with E-state index in [0.717, 1.165) is 19.4 Å². The summed E-state index contributed by atoms with van der Waals surface area (Å²) in [6.07, 6.45) is 2.28. The van der Waals surface area contributed by atoms with Crippen LogP contribution in [0.3, 0.4) is 0 Å². The molecule has 0 radical (unpaired) electrons. The molecule has 1 fully saturated rings. The molecule has 0 aliphatic carbocycles. The zero-order valence-electron chi connectivity index (χ0n) is 14.7. The topological polar surface area (TPSA) is 49.4 Å². The van der Waals surface area contributed by atoms with Crippen LogP contribution in [0.5, 0.6) is 0 Å². The molecular weight excluding hydrogens is 331 g/mol. The molecule has 26 heavy (non-hydrogen) atoms. The number of nitrogens with one attached hydrogen (secondary N) is 1. The van der Waals surface area contributed by atoms with Gasteiger partial charge >= 0.3 is 0 Å². The second kappa shape index (κ2) is 8.61. The van der Waals surface area contributed by atoms with Crippen LogP contribution in [0.15, 0.2) is 54.6 Å². The average molecular weight is 354 g/mol. The number of hydrogen-bond acceptors (Lipinski definition) is 2. The number of piperidine rings is 1. The molecule has 1 saturated heterocycles. The minimum absolute atomic E-state index is 0.00191. The molecular formula is C21H23FN2O2. The van der Waals surface area contributed by atoms with Crippen molar-refractivity contribution in [1.29, 1.82) is 0 Å². The van der Waals surface area contributed by atoms with Gasteiger partial charge in [-0.3, -0.25) is 9.59 Å². The summed E-state index contributed by atoms with van der Waals surface area (Å²) in [5, 5.41) is 2.63. The first kappa shape index (κ1) is 18.1. The van der Waals surface area contributed by atoms with Crippen molar-refractivity contribution in [2.24, 2.45) is 0 Å². The second-order valence-corrected chi connectivity index (χ2v) is 6.58. The first-order valence-corrected chi connectivity index (χ1v) is 9.00. The predicted octanol–water partition coefficient (Wildman–Crippen LogP) is 3.35. The van der Waals surface area contributed by atoms with Gasteiger partial charge in [-0.05, 0) is 30.5 Å². The molecule has 2 aromatic rings. The molecule has 0 unspecified atom stereocenters. The average Bonchev–Trinajstić information content (AvgIpc) is 2.69. The van der Waals surface area contributed by atoms with E-state index in [1.807, 2.05) is 23.1 Å². The molecule has 0 bridgehead atoms. The van der Waals surface area contributed by atoms with E-state index in [0.29, 0.717) is 12.5 Å². The van der Waals surface area contributed by atoms with Gasteiger partial charge in [0.1, 0.15) is 5.82 Å². The Bertz CT molecular complexity index is 764. The van der Waals surface area contributed by atoms with Gasteiger partial charge in [0.05, 0.1) is 5.56 Å². The summed E-state index contributed by atoms with van der Waals surface area (Å²) in [6.45, 7) is 1.67. The Labute approximate surface area is 153 Å². The summed E-state index contributed by atoms with van der Waals surface area (Å²) in [5.74, 6) is -0.656. The lowest BCUT2D eigenvalue weighted by molar-refractivity contribution is -0.132. The first-order chi connectivity index (χ1) is 12.6. The van der Waals surface area contributed by atoms with Crippen molar-refractivity contribution in [2.75, 3.05) is 19.6 Å². The highest BCUT2D eigenvalue weighted by Gasteiger charge is 2.24. The van der Waals surface area contributed by atoms with E-state index in [9.17, 15) is 14.0 Å². The quantitative estimate of drug-likeness (QED) is 0.895. The van der Waals surface area contributed by atoms with Crippen LogP contribution in [0.2, 0.25) is 0 Å². The van der Waals surface area contributed by atoms with E-state index in [2.05, 4.69) is 17.4 Å². The molecule has 4 nitrogen and oxygen atoms in total. The zero-order valence-corrected chi connectivity index (χ0v) is 14.7. The van der Waals surface area contributed by atoms with E-state index >= 15 is 0 Å². The molecule has 1 N–H and O–H groups in total. The van der Waals surface area contributed by atoms with Crippen LogP contribution in [0.4, 0.5) is 4.39 Å². The molecule has 136 valence electrons. The lowest BCUT2D eigenvalue weighted by Gasteiger charge is -2.33. The Morgan fingerprint density at radius 2 is 1.81 bits per heavy atom. The van der Waals surface area contributed by atoms with Gasteiger partial charge in [0, 0.05) is 32.0 Å². The number of nitrogens with zero attached hydrogens (tertiary/aromatic N) is 1. The van der Waals surface area contributed by atoms with E-state index in [4.69, 9.17) is 0 Å². The van der Waals surface area contributed by atoms with E-state index in [1.165, 1.54) is 23.8 Å². The fourth-order valence-electron chi connectivity index (χ4n) is 3.38. The summed E-state index contributed by atoms with van der Waals surface area (Å²) >= 11 is 0. The lowest BCUT2D eigenvalue weighted by Crippen LogP contribution is -2.40. The SMILES string of the molecule is O=C(NCCC(=O)N1CCC[C@H](c2ccccc2)C1)c1ccccc1F. The monoisotopic (exact) mass is 354 g/mol. The van der Waals surface area contributed by atoms with Crippen molar-refractivity contribution in [3.63, 3.8) is 0 Å². The fourth-order valence-corrected chi connectivity index (χ4v) is 3.38. The molecule has 1 aliphatic rings. The summed E-state index contributed by atoms with van der Waals surface area (Å²) in [7, 11) is 0. The van der Waals surface area contributed by atoms with Crippen molar-refractivity contribution in [2.45, 2.75) is 25.2 Å². The molecule has 1 aliphatic heterocycles. The van der Waals surface area contributed by atoms with E-state index in [1.54, 1.807) is 6.07 Å². The molecule has 5 heteroatoms. The highest BCUT2D eigenvalue weighted by atomic mass is 19.1. The maximum atomic E-state index is 13.6. The van der Waals surface area contributed by atoms with Gasteiger partial charge in [0.25, 0.3) is 5.91 Å². The predicted molar refractivity (Wildman–Crippen MR) is 98.3 cm³/mol. The van der Waals surface area contributed by atoms with Crippen molar-refractivity contribution in [3.8, 4) is 0 Å². The summed E-state index contributed by atoms with van der Waals surface area (Å²) in [6, 6.07) is 16.1. The molecule has 1 atom stereocenters. The number of halogens is 1. The summed E-state index contributed by atoms with van der Waals surface area (Å²) in [4.78, 5) is 26.3. The Hall–Kier alpha value is -2.69. The molecule has 0 saturated carbocycles. The molecule has 0 aromatic heterocycles. The number of hydrogen-bond donors (Lipinski definition) is 1. The van der Waals surface area contributed by atoms with Gasteiger partial charge in [0.2, 0.25) is 5.91 Å². The number of benzene rings is 2. The lowest BCUT2D eigenvalue weighted by atomic mass is 9.90. The minimum Gasteiger partial charge on any atom is -0.351 e. The van der Waals surface area contributed by atoms with Gasteiger partial charge in [-0.1, -0.05) is 42.5 Å². The first-order valence-electron chi connectivity index (χ1n) is 9.00. The molecule has 0 spiro atoms. The van der Waals surface area contributed by atoms with Crippen molar-refractivity contribution in [3.05, 3.63) is 71.5 Å². The molecule has 3 rings (SSSR count). The summed E-state index contributed by atoms with van der Waals surface area (Å²) < 4.78 is 13.6. The van der Waals surface area contributed by atoms with Crippen molar-refractivity contribution < 1.29 is 14.0 Å². The highest BCUT2D eigenvalue weighted by molar-refractivity contribution is 5.94. The van der Waals surface area contributed by atoms with Crippen molar-refractivity contribution >= 4 is 11.8 Å². The van der Waals surface area contributed by atoms with Crippen LogP contribution in [0.25, 0.3) is 0 Å². The normalized spacial score (nSPS) is 17.0. The standard InChI is InChI=1S/C21H23FN2O2/c22-19-11-5-4-10-18(19)21(26)23-13-12-20(25)24-14-6-9-17(15-24)16-7-2-1-3-8-16/h1-5,7-8,10-11,17H,6,9,12-15H2,(H,23,26)/t17-/m0/s1. The van der Waals surface area contributed by atoms with E-state index in [-0.39, 0.29) is 24.4 Å². The number of rotatable bonds is 5. The third-order valence-corrected chi connectivity index (χ3v) is 4.79. The fraction of sp³-hybridized carbons (Fsp3) is 0.333. The Balaban J connectivity index is 1.49. The smallest absolute Gasteiger partial charge is 0.254 e. The van der Waals surface area contributed by atoms with Crippen LogP contribution in [0, 0.1) is 5.82 Å². The number of amides is 2. The van der Waals surface area contributed by atoms with Crippen molar-refractivity contribution in [1.82, 2.24) is 10.2 Å². The second-order valence-electron chi connectivity index (χ2n) is 6.58. The summed E-state index contributed by atoms with van der Waals surface area (Å²) in [5.41, 5.74) is 1.26. The van der Waals surface area contributed by atoms with Gasteiger partial charge in [-0.15, -0.1) is 0 Å². The van der Waals surface area contributed by atoms with Gasteiger partial charge in [-0.25, -0.2) is 4.39 Å². The maximum absolute atomic E-state index is 13.6. The number of likely N-dealkylation sites (tertiary alicyclic amines) is 1. The number of carbonyl (C=O) groups is 2. The molecule has 2 aromatic carbocycles. The largest absolute Gasteiger partial charge is 0.351 e. The number of carbonyl (C=O) groups excluding carboxylic acids is 2. The van der Waals surface area contributed by atoms with Crippen LogP contribution >= 0.6 is 0 Å². The van der Waals surface area contributed by atoms with Crippen LogP contribution < -0.4 is 5.32 Å². The van der Waals surface area contributed by atoms with Crippen LogP contribution in [-0.4, -0.2) is 36.3 Å². The Kier molecular flexibility index (Phi) is 6.00. The minimum atomic E-state index is -0.557. The van der Waals surface area contributed by atoms with Gasteiger partial charge in [0.15, 0.2) is 0 Å². The van der Waals surface area contributed by atoms with Crippen LogP contribution in [-0.2, 0) is 4.79 Å². The molecule has 1 heterocycles. The van der Waals surface area contributed by atoms with Crippen LogP contribution in [0.1, 0.15) is 41.1 Å². The third kappa shape index (κ3) is 4.48.